The molecule has 1 aromatic heterocycles. The van der Waals surface area contributed by atoms with E-state index in [0.29, 0.717) is 13.1 Å². The number of hydrogen-bond donors (Lipinski definition) is 1. The molecule has 2 heterocycles. The molecule has 33 heavy (non-hydrogen) atoms. The lowest BCUT2D eigenvalue weighted by Crippen LogP contribution is -2.43. The van der Waals surface area contributed by atoms with Gasteiger partial charge in [-0.1, -0.05) is 30.0 Å². The molecule has 172 valence electrons. The minimum atomic E-state index is -0.119. The van der Waals surface area contributed by atoms with Crippen LogP contribution in [0.2, 0.25) is 0 Å². The number of methoxy groups -OCH3 is 2. The van der Waals surface area contributed by atoms with Crippen LogP contribution in [0.3, 0.4) is 0 Å². The predicted octanol–water partition coefficient (Wildman–Crippen LogP) is 4.18. The third-order valence-electron chi connectivity index (χ3n) is 5.64. The fourth-order valence-electron chi connectivity index (χ4n) is 3.94. The van der Waals surface area contributed by atoms with Crippen molar-refractivity contribution in [1.29, 1.82) is 0 Å². The molecule has 0 radical (unpaired) electrons. The average molecular weight is 465 g/mol. The van der Waals surface area contributed by atoms with E-state index in [1.165, 1.54) is 0 Å². The summed E-state index contributed by atoms with van der Waals surface area (Å²) in [5.41, 5.74) is 0.883. The van der Waals surface area contributed by atoms with E-state index in [1.807, 2.05) is 36.4 Å². The second kappa shape index (κ2) is 11.0. The van der Waals surface area contributed by atoms with E-state index >= 15 is 0 Å². The van der Waals surface area contributed by atoms with Gasteiger partial charge in [-0.05, 0) is 43.2 Å². The van der Waals surface area contributed by atoms with Crippen LogP contribution in [0.15, 0.2) is 70.8 Å². The number of hydrogen-bond acceptors (Lipinski definition) is 7. The summed E-state index contributed by atoms with van der Waals surface area (Å²) in [6.45, 7) is 1.85. The highest BCUT2D eigenvalue weighted by Gasteiger charge is 2.28. The van der Waals surface area contributed by atoms with Crippen LogP contribution in [0.5, 0.6) is 11.5 Å². The molecule has 1 N–H and O–H groups in total. The molecule has 1 amide bonds. The summed E-state index contributed by atoms with van der Waals surface area (Å²) in [4.78, 5) is 25.5. The van der Waals surface area contributed by atoms with Gasteiger partial charge in [0.05, 0.1) is 20.1 Å². The Kier molecular flexibility index (Phi) is 7.67. The second-order valence-corrected chi connectivity index (χ2v) is 8.84. The van der Waals surface area contributed by atoms with E-state index in [4.69, 9.17) is 9.47 Å². The van der Waals surface area contributed by atoms with Crippen molar-refractivity contribution >= 4 is 23.5 Å². The highest BCUT2D eigenvalue weighted by atomic mass is 32.2. The Morgan fingerprint density at radius 3 is 2.73 bits per heavy atom. The molecule has 1 aliphatic rings. The third-order valence-corrected chi connectivity index (χ3v) is 6.63. The first-order chi connectivity index (χ1) is 16.2. The highest BCUT2D eigenvalue weighted by molar-refractivity contribution is 7.99. The van der Waals surface area contributed by atoms with Gasteiger partial charge in [-0.2, -0.15) is 0 Å². The van der Waals surface area contributed by atoms with Gasteiger partial charge in [0.1, 0.15) is 16.5 Å². The number of benzene rings is 2. The van der Waals surface area contributed by atoms with Crippen LogP contribution in [0.1, 0.15) is 18.4 Å². The van der Waals surface area contributed by atoms with Crippen molar-refractivity contribution in [2.24, 2.45) is 5.92 Å². The van der Waals surface area contributed by atoms with Gasteiger partial charge in [0.25, 0.3) is 0 Å². The number of piperidine rings is 1. The molecule has 8 heteroatoms. The summed E-state index contributed by atoms with van der Waals surface area (Å²) in [5.74, 6) is 2.20. The van der Waals surface area contributed by atoms with Crippen LogP contribution in [0, 0.1) is 5.92 Å². The van der Waals surface area contributed by atoms with E-state index in [0.717, 1.165) is 52.2 Å². The molecule has 3 aromatic rings. The Morgan fingerprint density at radius 1 is 1.12 bits per heavy atom. The lowest BCUT2D eigenvalue weighted by molar-refractivity contribution is -0.125. The number of rotatable bonds is 8. The van der Waals surface area contributed by atoms with Gasteiger partial charge in [0, 0.05) is 42.5 Å². The Hall–Kier alpha value is -3.26. The number of nitrogens with zero attached hydrogens (tertiary/aromatic N) is 3. The van der Waals surface area contributed by atoms with Crippen LogP contribution >= 0.6 is 11.8 Å². The number of ether oxygens (including phenoxy) is 2. The maximum Gasteiger partial charge on any atom is 0.225 e. The Morgan fingerprint density at radius 2 is 1.94 bits per heavy atom. The van der Waals surface area contributed by atoms with Crippen molar-refractivity contribution in [2.45, 2.75) is 29.3 Å². The smallest absolute Gasteiger partial charge is 0.225 e. The average Bonchev–Trinajstić information content (AvgIpc) is 2.88. The summed E-state index contributed by atoms with van der Waals surface area (Å²) in [6.07, 6.45) is 5.19. The van der Waals surface area contributed by atoms with Gasteiger partial charge in [0.15, 0.2) is 5.82 Å². The van der Waals surface area contributed by atoms with E-state index in [1.54, 1.807) is 38.4 Å². The summed E-state index contributed by atoms with van der Waals surface area (Å²) in [5, 5.41) is 3.93. The molecule has 7 nitrogen and oxygen atoms in total. The molecule has 1 aliphatic heterocycles. The van der Waals surface area contributed by atoms with Crippen molar-refractivity contribution in [3.05, 3.63) is 66.5 Å². The first kappa shape index (κ1) is 22.9. The van der Waals surface area contributed by atoms with Crippen LogP contribution in [-0.4, -0.2) is 43.2 Å². The molecule has 1 saturated heterocycles. The minimum Gasteiger partial charge on any atom is -0.497 e. The van der Waals surface area contributed by atoms with Crippen molar-refractivity contribution in [3.8, 4) is 11.5 Å². The molecule has 1 fully saturated rings. The van der Waals surface area contributed by atoms with E-state index in [9.17, 15) is 4.79 Å². The van der Waals surface area contributed by atoms with E-state index in [2.05, 4.69) is 32.3 Å². The molecule has 0 spiro atoms. The van der Waals surface area contributed by atoms with E-state index in [-0.39, 0.29) is 11.8 Å². The molecular formula is C25H28N4O3S. The minimum absolute atomic E-state index is 0.0331. The van der Waals surface area contributed by atoms with Crippen LogP contribution in [0.25, 0.3) is 0 Å². The predicted molar refractivity (Wildman–Crippen MR) is 129 cm³/mol. The fraction of sp³-hybridized carbons (Fsp3) is 0.320. The van der Waals surface area contributed by atoms with Crippen molar-refractivity contribution < 1.29 is 14.3 Å². The van der Waals surface area contributed by atoms with Crippen molar-refractivity contribution in [3.63, 3.8) is 0 Å². The molecule has 0 aliphatic carbocycles. The first-order valence-electron chi connectivity index (χ1n) is 11.0. The largest absolute Gasteiger partial charge is 0.497 e. The quantitative estimate of drug-likeness (QED) is 0.536. The lowest BCUT2D eigenvalue weighted by Gasteiger charge is -2.33. The Labute approximate surface area is 198 Å². The number of carbonyl (C=O) groups excluding carboxylic acids is 1. The van der Waals surface area contributed by atoms with Gasteiger partial charge in [-0.3, -0.25) is 4.79 Å². The normalized spacial score (nSPS) is 15.7. The summed E-state index contributed by atoms with van der Waals surface area (Å²) >= 11 is 1.59. The van der Waals surface area contributed by atoms with Gasteiger partial charge in [-0.25, -0.2) is 9.97 Å². The molecule has 0 unspecified atom stereocenters. The van der Waals surface area contributed by atoms with Crippen LogP contribution in [0.4, 0.5) is 5.82 Å². The Balaban J connectivity index is 1.43. The topological polar surface area (TPSA) is 76.6 Å². The van der Waals surface area contributed by atoms with E-state index < -0.39 is 0 Å². The van der Waals surface area contributed by atoms with Crippen LogP contribution < -0.4 is 19.7 Å². The molecule has 1 atom stereocenters. The van der Waals surface area contributed by atoms with Gasteiger partial charge < -0.3 is 19.7 Å². The number of amides is 1. The number of carbonyl (C=O) groups is 1. The first-order valence-corrected chi connectivity index (χ1v) is 11.8. The highest BCUT2D eigenvalue weighted by Crippen LogP contribution is 2.34. The SMILES string of the molecule is COc1ccc(OC)c(CNC(=O)[C@@H]2CCCN(c3nccnc3Sc3ccccc3)C2)c1. The van der Waals surface area contributed by atoms with Crippen molar-refractivity contribution in [1.82, 2.24) is 15.3 Å². The summed E-state index contributed by atoms with van der Waals surface area (Å²) in [6, 6.07) is 15.7. The lowest BCUT2D eigenvalue weighted by atomic mass is 9.97. The van der Waals surface area contributed by atoms with Gasteiger partial charge in [-0.15, -0.1) is 0 Å². The number of anilines is 1. The maximum absolute atomic E-state index is 13.0. The zero-order valence-electron chi connectivity index (χ0n) is 18.9. The molecule has 0 bridgehead atoms. The van der Waals surface area contributed by atoms with Crippen molar-refractivity contribution in [2.75, 3.05) is 32.2 Å². The second-order valence-electron chi connectivity index (χ2n) is 7.78. The van der Waals surface area contributed by atoms with Gasteiger partial charge in [0.2, 0.25) is 5.91 Å². The summed E-state index contributed by atoms with van der Waals surface area (Å²) in [7, 11) is 3.25. The maximum atomic E-state index is 13.0. The zero-order valence-corrected chi connectivity index (χ0v) is 19.7. The fourth-order valence-corrected chi connectivity index (χ4v) is 4.84. The molecular weight excluding hydrogens is 436 g/mol. The zero-order chi connectivity index (χ0) is 23.0. The number of nitrogens with one attached hydrogen (secondary N) is 1. The van der Waals surface area contributed by atoms with Crippen LogP contribution in [-0.2, 0) is 11.3 Å². The Bertz CT molecular complexity index is 1080. The molecule has 2 aromatic carbocycles. The monoisotopic (exact) mass is 464 g/mol. The number of aromatic nitrogens is 2. The summed E-state index contributed by atoms with van der Waals surface area (Å²) < 4.78 is 10.7. The molecule has 0 saturated carbocycles. The standard InChI is InChI=1S/C25H28N4O3S/c1-31-20-10-11-22(32-2)19(15-20)16-28-24(30)18-7-6-14-29(17-18)23-25(27-13-12-26-23)33-21-8-4-3-5-9-21/h3-5,8-13,15,18H,6-7,14,16-17H2,1-2H3,(H,28,30)/t18-/m1/s1. The van der Waals surface area contributed by atoms with Gasteiger partial charge >= 0.3 is 0 Å². The molecule has 4 rings (SSSR count). The third kappa shape index (κ3) is 5.76.